The number of amides is 1. The summed E-state index contributed by atoms with van der Waals surface area (Å²) in [5.41, 5.74) is 1.36. The van der Waals surface area contributed by atoms with E-state index in [2.05, 4.69) is 24.3 Å². The summed E-state index contributed by atoms with van der Waals surface area (Å²) in [6.45, 7) is 4.58. The molecule has 0 radical (unpaired) electrons. The molecule has 1 N–H and O–H groups in total. The fraction of sp³-hybridized carbons (Fsp3) is 0.529. The van der Waals surface area contributed by atoms with E-state index in [9.17, 15) is 14.7 Å². The first-order valence-electron chi connectivity index (χ1n) is 8.00. The van der Waals surface area contributed by atoms with Gasteiger partial charge in [0.15, 0.2) is 0 Å². The molecular weight excluding hydrogens is 280 g/mol. The Morgan fingerprint density at radius 3 is 2.41 bits per heavy atom. The van der Waals surface area contributed by atoms with Gasteiger partial charge in [-0.2, -0.15) is 0 Å². The van der Waals surface area contributed by atoms with Crippen molar-refractivity contribution in [1.29, 1.82) is 0 Å². The first-order valence-corrected chi connectivity index (χ1v) is 8.00. The molecule has 1 aromatic rings. The second-order valence-corrected chi connectivity index (χ2v) is 5.84. The summed E-state index contributed by atoms with van der Waals surface area (Å²) in [7, 11) is 0. The molecule has 2 rings (SSSR count). The van der Waals surface area contributed by atoms with Gasteiger partial charge in [-0.15, -0.1) is 0 Å². The number of carbonyl (C=O) groups excluding carboxylic acids is 2. The summed E-state index contributed by atoms with van der Waals surface area (Å²) in [4.78, 5) is 25.7. The molecule has 1 aliphatic rings. The van der Waals surface area contributed by atoms with Crippen LogP contribution in [0, 0.1) is 0 Å². The van der Waals surface area contributed by atoms with Gasteiger partial charge in [-0.1, -0.05) is 30.3 Å². The topological polar surface area (TPSA) is 64.9 Å². The lowest BCUT2D eigenvalue weighted by atomic mass is 10.1. The number of benzene rings is 1. The first-order chi connectivity index (χ1) is 10.6. The number of carboxylic acids is 1. The third kappa shape index (κ3) is 5.48. The predicted octanol–water partition coefficient (Wildman–Crippen LogP) is -1.12. The van der Waals surface area contributed by atoms with Crippen LogP contribution in [0.5, 0.6) is 0 Å². The van der Waals surface area contributed by atoms with Crippen molar-refractivity contribution >= 4 is 11.9 Å². The maximum atomic E-state index is 12.0. The van der Waals surface area contributed by atoms with Crippen LogP contribution in [0.15, 0.2) is 30.3 Å². The molecule has 1 aliphatic heterocycles. The second kappa shape index (κ2) is 8.54. The van der Waals surface area contributed by atoms with Crippen molar-refractivity contribution in [3.05, 3.63) is 35.9 Å². The third-order valence-corrected chi connectivity index (χ3v) is 4.20. The van der Waals surface area contributed by atoms with Gasteiger partial charge in [-0.25, -0.2) is 0 Å². The molecule has 1 fully saturated rings. The minimum absolute atomic E-state index is 0.0337. The predicted molar refractivity (Wildman–Crippen MR) is 81.1 cm³/mol. The summed E-state index contributed by atoms with van der Waals surface area (Å²) >= 11 is 0. The van der Waals surface area contributed by atoms with Crippen LogP contribution in [0.1, 0.15) is 24.8 Å². The highest BCUT2D eigenvalue weighted by Gasteiger charge is 2.22. The van der Waals surface area contributed by atoms with Gasteiger partial charge >= 0.3 is 0 Å². The lowest BCUT2D eigenvalue weighted by Crippen LogP contribution is -3.15. The van der Waals surface area contributed by atoms with Crippen LogP contribution >= 0.6 is 0 Å². The Hall–Kier alpha value is -1.88. The summed E-state index contributed by atoms with van der Waals surface area (Å²) in [6, 6.07) is 10.5. The third-order valence-electron chi connectivity index (χ3n) is 4.20. The van der Waals surface area contributed by atoms with E-state index in [4.69, 9.17) is 0 Å². The fourth-order valence-corrected chi connectivity index (χ4v) is 2.83. The number of aliphatic carboxylic acids is 1. The number of hydrogen-bond acceptors (Lipinski definition) is 3. The maximum Gasteiger partial charge on any atom is 0.222 e. The Balaban J connectivity index is 1.65. The van der Waals surface area contributed by atoms with Crippen LogP contribution < -0.4 is 10.0 Å². The number of hydrogen-bond donors (Lipinski definition) is 1. The Bertz CT molecular complexity index is 482. The van der Waals surface area contributed by atoms with Gasteiger partial charge < -0.3 is 19.7 Å². The van der Waals surface area contributed by atoms with Crippen LogP contribution in [-0.2, 0) is 16.0 Å². The van der Waals surface area contributed by atoms with Crippen molar-refractivity contribution in [2.75, 3.05) is 32.7 Å². The van der Waals surface area contributed by atoms with Crippen molar-refractivity contribution in [3.8, 4) is 0 Å². The molecule has 0 atom stereocenters. The van der Waals surface area contributed by atoms with E-state index in [1.165, 1.54) is 10.5 Å². The molecule has 0 saturated carbocycles. The van der Waals surface area contributed by atoms with Gasteiger partial charge in [-0.05, 0) is 18.4 Å². The molecule has 0 spiro atoms. The Labute approximate surface area is 131 Å². The van der Waals surface area contributed by atoms with Crippen LogP contribution in [0.2, 0.25) is 0 Å². The minimum atomic E-state index is -1.08. The fourth-order valence-electron chi connectivity index (χ4n) is 2.83. The van der Waals surface area contributed by atoms with Crippen molar-refractivity contribution in [1.82, 2.24) is 4.90 Å². The van der Waals surface area contributed by atoms with Gasteiger partial charge in [0.2, 0.25) is 5.91 Å². The summed E-state index contributed by atoms with van der Waals surface area (Å²) < 4.78 is 0. The lowest BCUT2D eigenvalue weighted by Gasteiger charge is -2.32. The number of quaternary nitrogens is 1. The van der Waals surface area contributed by atoms with Crippen LogP contribution in [-0.4, -0.2) is 49.5 Å². The molecule has 0 aromatic heterocycles. The van der Waals surface area contributed by atoms with E-state index in [1.807, 2.05) is 11.0 Å². The smallest absolute Gasteiger partial charge is 0.222 e. The molecule has 1 aromatic carbocycles. The van der Waals surface area contributed by atoms with Crippen LogP contribution in [0.3, 0.4) is 0 Å². The zero-order valence-electron chi connectivity index (χ0n) is 12.9. The van der Waals surface area contributed by atoms with Gasteiger partial charge in [-0.3, -0.25) is 4.79 Å². The van der Waals surface area contributed by atoms with E-state index in [-0.39, 0.29) is 12.3 Å². The standard InChI is InChI=1S/C17H24N2O3/c20-16(7-4-8-17(21)22)19-13-11-18(12-14-19)10-9-15-5-2-1-3-6-15/h1-3,5-6H,4,7-14H2,(H,21,22). The average Bonchev–Trinajstić information content (AvgIpc) is 2.54. The quantitative estimate of drug-likeness (QED) is 0.694. The summed E-state index contributed by atoms with van der Waals surface area (Å²) in [6.07, 6.45) is 1.72. The molecule has 1 amide bonds. The van der Waals surface area contributed by atoms with Crippen molar-refractivity contribution in [3.63, 3.8) is 0 Å². The molecule has 5 heteroatoms. The highest BCUT2D eigenvalue weighted by Crippen LogP contribution is 2.02. The normalized spacial score (nSPS) is 15.7. The summed E-state index contributed by atoms with van der Waals surface area (Å²) in [5.74, 6) is -1.01. The molecule has 1 heterocycles. The average molecular weight is 304 g/mol. The monoisotopic (exact) mass is 304 g/mol. The Morgan fingerprint density at radius 2 is 1.77 bits per heavy atom. The highest BCUT2D eigenvalue weighted by molar-refractivity contribution is 5.76. The SMILES string of the molecule is O=C([O-])CCCC(=O)N1CC[NH+](CCc2ccccc2)CC1. The zero-order valence-corrected chi connectivity index (χ0v) is 12.9. The maximum absolute atomic E-state index is 12.0. The number of carboxylic acid groups (broad SMARTS) is 1. The summed E-state index contributed by atoms with van der Waals surface area (Å²) in [5, 5.41) is 10.3. The van der Waals surface area contributed by atoms with Gasteiger partial charge in [0, 0.05) is 18.8 Å². The van der Waals surface area contributed by atoms with Crippen molar-refractivity contribution in [2.45, 2.75) is 25.7 Å². The second-order valence-electron chi connectivity index (χ2n) is 5.84. The van der Waals surface area contributed by atoms with Gasteiger partial charge in [0.05, 0.1) is 32.7 Å². The molecule has 0 unspecified atom stereocenters. The Kier molecular flexibility index (Phi) is 6.40. The molecule has 120 valence electrons. The van der Waals surface area contributed by atoms with E-state index in [0.29, 0.717) is 12.8 Å². The molecule has 5 nitrogen and oxygen atoms in total. The molecule has 0 bridgehead atoms. The van der Waals surface area contributed by atoms with Crippen LogP contribution in [0.25, 0.3) is 0 Å². The van der Waals surface area contributed by atoms with E-state index in [1.54, 1.807) is 0 Å². The molecule has 1 saturated heterocycles. The van der Waals surface area contributed by atoms with E-state index >= 15 is 0 Å². The number of carbonyl (C=O) groups is 2. The van der Waals surface area contributed by atoms with Crippen LogP contribution in [0.4, 0.5) is 0 Å². The Morgan fingerprint density at radius 1 is 1.09 bits per heavy atom. The largest absolute Gasteiger partial charge is 0.550 e. The van der Waals surface area contributed by atoms with Crippen molar-refractivity contribution in [2.24, 2.45) is 0 Å². The van der Waals surface area contributed by atoms with E-state index in [0.717, 1.165) is 39.1 Å². The first kappa shape index (κ1) is 16.5. The molecular formula is C17H24N2O3. The number of rotatable bonds is 7. The molecule has 0 aliphatic carbocycles. The zero-order chi connectivity index (χ0) is 15.8. The van der Waals surface area contributed by atoms with Gasteiger partial charge in [0.25, 0.3) is 0 Å². The number of piperazine rings is 1. The molecule has 22 heavy (non-hydrogen) atoms. The van der Waals surface area contributed by atoms with E-state index < -0.39 is 5.97 Å². The van der Waals surface area contributed by atoms with Crippen molar-refractivity contribution < 1.29 is 19.6 Å². The van der Waals surface area contributed by atoms with Gasteiger partial charge in [0.1, 0.15) is 0 Å². The number of nitrogens with zero attached hydrogens (tertiary/aromatic N) is 1. The number of nitrogens with one attached hydrogen (secondary N) is 1. The lowest BCUT2D eigenvalue weighted by molar-refractivity contribution is -0.903. The highest BCUT2D eigenvalue weighted by atomic mass is 16.4. The minimum Gasteiger partial charge on any atom is -0.550 e.